The lowest BCUT2D eigenvalue weighted by atomic mass is 9.37. The van der Waals surface area contributed by atoms with E-state index in [0.29, 0.717) is 0 Å². The molecule has 0 N–H and O–H groups in total. The minimum Gasteiger partial charge on any atom is -0.334 e. The van der Waals surface area contributed by atoms with E-state index in [9.17, 15) is 0 Å². The first-order valence-electron chi connectivity index (χ1n) is 19.4. The molecule has 7 aromatic carbocycles. The average molecular weight is 681 g/mol. The molecule has 2 unspecified atom stereocenters. The Hall–Kier alpha value is -5.80. The molecule has 0 radical (unpaired) electrons. The summed E-state index contributed by atoms with van der Waals surface area (Å²) >= 11 is 0. The summed E-state index contributed by atoms with van der Waals surface area (Å²) in [6.07, 6.45) is 4.93. The van der Waals surface area contributed by atoms with Crippen LogP contribution in [-0.2, 0) is 5.41 Å². The largest absolute Gasteiger partial charge is 0.334 e. The lowest BCUT2D eigenvalue weighted by molar-refractivity contribution is 0.195. The van der Waals surface area contributed by atoms with Crippen molar-refractivity contribution in [2.45, 2.75) is 50.5 Å². The predicted molar refractivity (Wildman–Crippen MR) is 225 cm³/mol. The number of hydrogen-bond donors (Lipinski definition) is 0. The molecule has 3 heterocycles. The topological polar surface area (TPSA) is 6.48 Å². The second-order valence-electron chi connectivity index (χ2n) is 16.0. The summed E-state index contributed by atoms with van der Waals surface area (Å²) < 4.78 is 0. The fraction of sp³-hybridized carbons (Fsp3) is 0.160. The van der Waals surface area contributed by atoms with Crippen LogP contribution in [0.25, 0.3) is 33.4 Å². The van der Waals surface area contributed by atoms with Gasteiger partial charge in [-0.2, -0.15) is 0 Å². The van der Waals surface area contributed by atoms with Crippen LogP contribution in [0.2, 0.25) is 0 Å². The minimum absolute atomic E-state index is 0.0292. The third-order valence-corrected chi connectivity index (χ3v) is 13.4. The van der Waals surface area contributed by atoms with E-state index in [1.54, 1.807) is 0 Å². The number of fused-ring (bicyclic) bond motifs is 8. The van der Waals surface area contributed by atoms with Crippen LogP contribution < -0.4 is 26.2 Å². The number of hydrogen-bond acceptors (Lipinski definition) is 2. The summed E-state index contributed by atoms with van der Waals surface area (Å²) in [6, 6.07) is 61.5. The highest BCUT2D eigenvalue weighted by molar-refractivity contribution is 7.01. The highest BCUT2D eigenvalue weighted by Crippen LogP contribution is 2.61. The number of anilines is 5. The zero-order valence-electron chi connectivity index (χ0n) is 30.4. The maximum Gasteiger partial charge on any atom is 0.248 e. The van der Waals surface area contributed by atoms with Gasteiger partial charge in [-0.1, -0.05) is 153 Å². The van der Waals surface area contributed by atoms with E-state index < -0.39 is 0 Å². The lowest BCUT2D eigenvalue weighted by Gasteiger charge is -2.50. The van der Waals surface area contributed by atoms with Gasteiger partial charge in [0.05, 0.1) is 5.54 Å². The van der Waals surface area contributed by atoms with Crippen LogP contribution in [0.5, 0.6) is 0 Å². The monoisotopic (exact) mass is 680 g/mol. The maximum atomic E-state index is 2.75. The van der Waals surface area contributed by atoms with E-state index in [0.717, 1.165) is 0 Å². The van der Waals surface area contributed by atoms with Gasteiger partial charge < -0.3 is 9.80 Å². The molecule has 254 valence electrons. The Balaban J connectivity index is 1.21. The number of para-hydroxylation sites is 1. The van der Waals surface area contributed by atoms with Crippen LogP contribution in [0.4, 0.5) is 28.4 Å². The van der Waals surface area contributed by atoms with Crippen molar-refractivity contribution in [1.82, 2.24) is 0 Å². The molecule has 0 saturated heterocycles. The third kappa shape index (κ3) is 4.28. The maximum absolute atomic E-state index is 2.75. The molecule has 0 aromatic heterocycles. The first-order valence-corrected chi connectivity index (χ1v) is 19.4. The van der Waals surface area contributed by atoms with E-state index in [2.05, 4.69) is 187 Å². The molecule has 0 spiro atoms. The number of rotatable bonds is 4. The smallest absolute Gasteiger partial charge is 0.248 e. The molecule has 4 aliphatic rings. The Morgan fingerprint density at radius 3 is 1.96 bits per heavy atom. The molecule has 3 aliphatic heterocycles. The van der Waals surface area contributed by atoms with Gasteiger partial charge >= 0.3 is 0 Å². The van der Waals surface area contributed by atoms with Gasteiger partial charge in [-0.15, -0.1) is 0 Å². The van der Waals surface area contributed by atoms with E-state index in [1.807, 2.05) is 0 Å². The molecule has 0 amide bonds. The highest BCUT2D eigenvalue weighted by Gasteiger charge is 2.58. The van der Waals surface area contributed by atoms with Crippen molar-refractivity contribution in [3.8, 4) is 33.4 Å². The van der Waals surface area contributed by atoms with Crippen molar-refractivity contribution in [3.05, 3.63) is 169 Å². The molecule has 1 aliphatic carbocycles. The molecule has 1 fully saturated rings. The van der Waals surface area contributed by atoms with Crippen LogP contribution in [0.1, 0.15) is 45.1 Å². The van der Waals surface area contributed by atoms with Gasteiger partial charge in [0.25, 0.3) is 0 Å². The fourth-order valence-electron chi connectivity index (χ4n) is 10.7. The summed E-state index contributed by atoms with van der Waals surface area (Å²) in [5.41, 5.74) is 19.8. The summed E-state index contributed by atoms with van der Waals surface area (Å²) in [5, 5.41) is 0. The lowest BCUT2D eigenvalue weighted by Crippen LogP contribution is -2.55. The Kier molecular flexibility index (Phi) is 6.60. The van der Waals surface area contributed by atoms with Gasteiger partial charge in [0.1, 0.15) is 0 Å². The van der Waals surface area contributed by atoms with Crippen LogP contribution >= 0.6 is 0 Å². The second kappa shape index (κ2) is 11.4. The summed E-state index contributed by atoms with van der Waals surface area (Å²) in [7, 11) is 0. The van der Waals surface area contributed by atoms with Crippen LogP contribution in [-0.4, -0.2) is 12.3 Å². The molecule has 2 nitrogen and oxygen atoms in total. The van der Waals surface area contributed by atoms with Crippen LogP contribution in [0.3, 0.4) is 0 Å². The van der Waals surface area contributed by atoms with Gasteiger partial charge in [-0.25, -0.2) is 0 Å². The van der Waals surface area contributed by atoms with E-state index in [1.165, 1.54) is 109 Å². The average Bonchev–Trinajstić information content (AvgIpc) is 3.65. The Labute approximate surface area is 313 Å². The molecule has 7 aromatic rings. The zero-order valence-corrected chi connectivity index (χ0v) is 30.4. The first-order chi connectivity index (χ1) is 26.0. The van der Waals surface area contributed by atoms with E-state index in [-0.39, 0.29) is 17.7 Å². The van der Waals surface area contributed by atoms with Gasteiger partial charge in [0, 0.05) is 33.9 Å². The summed E-state index contributed by atoms with van der Waals surface area (Å²) in [4.78, 5) is 5.34. The third-order valence-electron chi connectivity index (χ3n) is 13.4. The van der Waals surface area contributed by atoms with Crippen LogP contribution in [0.15, 0.2) is 164 Å². The Morgan fingerprint density at radius 2 is 1.15 bits per heavy atom. The Bertz CT molecular complexity index is 2580. The summed E-state index contributed by atoms with van der Waals surface area (Å²) in [6.45, 7) is 5.25. The molecule has 1 saturated carbocycles. The van der Waals surface area contributed by atoms with E-state index >= 15 is 0 Å². The van der Waals surface area contributed by atoms with Crippen LogP contribution in [0, 0.1) is 0 Å². The molecule has 53 heavy (non-hydrogen) atoms. The first kappa shape index (κ1) is 30.8. The molecule has 3 heteroatoms. The molecular weight excluding hydrogens is 639 g/mol. The standard InChI is InChI=1S/C50H41BN2/c1-49-28-13-14-29-50(49,2)53(45-25-12-10-23-42(45)49)39-32-41-40-22-9-11-24-43(40)51-44-27-26-37(35-18-7-4-8-19-35)31-46(44)52(47(33-39)48(41)51)38-21-15-20-36(30-38)34-16-5-3-6-17-34/h3-12,15-27,30-33H,13-14,28-29H2,1-2H3. The molecule has 2 atom stereocenters. The highest BCUT2D eigenvalue weighted by atomic mass is 15.3. The van der Waals surface area contributed by atoms with E-state index in [4.69, 9.17) is 0 Å². The van der Waals surface area contributed by atoms with Gasteiger partial charge in [-0.3, -0.25) is 0 Å². The quantitative estimate of drug-likeness (QED) is 0.171. The van der Waals surface area contributed by atoms with Gasteiger partial charge in [0.2, 0.25) is 6.71 Å². The molecule has 0 bridgehead atoms. The second-order valence-corrected chi connectivity index (χ2v) is 16.0. The predicted octanol–water partition coefficient (Wildman–Crippen LogP) is 11.0. The number of benzene rings is 7. The zero-order chi connectivity index (χ0) is 35.3. The van der Waals surface area contributed by atoms with Gasteiger partial charge in [-0.05, 0) is 106 Å². The van der Waals surface area contributed by atoms with Crippen molar-refractivity contribution in [1.29, 1.82) is 0 Å². The van der Waals surface area contributed by atoms with Crippen molar-refractivity contribution in [3.63, 3.8) is 0 Å². The Morgan fingerprint density at radius 1 is 0.472 bits per heavy atom. The normalized spacial score (nSPS) is 20.4. The molecule has 11 rings (SSSR count). The SMILES string of the molecule is CC12CCCCC1(C)N(c1cc3c4c(c1)N(c1cccc(-c5ccccc5)c1)c1cc(-c5ccccc5)ccc1B4c1ccccc1-3)c1ccccc12. The fourth-order valence-corrected chi connectivity index (χ4v) is 10.7. The van der Waals surface area contributed by atoms with Crippen molar-refractivity contribution in [2.75, 3.05) is 9.80 Å². The molecular formula is C50H41BN2. The van der Waals surface area contributed by atoms with Crippen molar-refractivity contribution in [2.24, 2.45) is 0 Å². The van der Waals surface area contributed by atoms with Crippen molar-refractivity contribution >= 4 is 51.5 Å². The van der Waals surface area contributed by atoms with Crippen molar-refractivity contribution < 1.29 is 0 Å². The van der Waals surface area contributed by atoms with Gasteiger partial charge in [0.15, 0.2) is 0 Å². The number of nitrogens with zero attached hydrogens (tertiary/aromatic N) is 2. The minimum atomic E-state index is -0.0292. The summed E-state index contributed by atoms with van der Waals surface area (Å²) in [5.74, 6) is 0.